The van der Waals surface area contributed by atoms with E-state index in [1.54, 1.807) is 12.4 Å². The molecule has 0 unspecified atom stereocenters. The summed E-state index contributed by atoms with van der Waals surface area (Å²) in [7, 11) is -3.35. The van der Waals surface area contributed by atoms with E-state index >= 15 is 0 Å². The van der Waals surface area contributed by atoms with Gasteiger partial charge in [0.25, 0.3) is 0 Å². The number of hydrogen-bond donors (Lipinski definition) is 1. The van der Waals surface area contributed by atoms with E-state index in [0.29, 0.717) is 17.8 Å². The number of pyridine rings is 1. The Hall–Kier alpha value is -1.44. The fraction of sp³-hybridized carbons (Fsp3) is 0.579. The average molecular weight is 443 g/mol. The molecule has 0 bridgehead atoms. The molecular formula is C19H28ClN4O4P. The number of ether oxygens (including phenoxy) is 1. The molecule has 2 aromatic rings. The van der Waals surface area contributed by atoms with Crippen LogP contribution in [0.25, 0.3) is 11.0 Å². The van der Waals surface area contributed by atoms with Crippen LogP contribution in [0.2, 0.25) is 5.15 Å². The molecule has 0 spiro atoms. The minimum Gasteiger partial charge on any atom is -0.384 e. The summed E-state index contributed by atoms with van der Waals surface area (Å²) in [4.78, 5) is 8.42. The van der Waals surface area contributed by atoms with Crippen molar-refractivity contribution in [3.63, 3.8) is 0 Å². The molecule has 1 aliphatic carbocycles. The number of nitrogens with two attached hydrogens (primary N) is 1. The Morgan fingerprint density at radius 3 is 2.59 bits per heavy atom. The van der Waals surface area contributed by atoms with E-state index in [9.17, 15) is 4.57 Å². The number of halogens is 1. The van der Waals surface area contributed by atoms with Crippen LogP contribution >= 0.6 is 19.2 Å². The van der Waals surface area contributed by atoms with Crippen molar-refractivity contribution < 1.29 is 18.3 Å². The van der Waals surface area contributed by atoms with Crippen LogP contribution < -0.4 is 5.73 Å². The van der Waals surface area contributed by atoms with Gasteiger partial charge in [0.05, 0.1) is 36.2 Å². The van der Waals surface area contributed by atoms with E-state index in [1.165, 1.54) is 0 Å². The van der Waals surface area contributed by atoms with Crippen molar-refractivity contribution in [2.45, 2.75) is 65.4 Å². The van der Waals surface area contributed by atoms with Gasteiger partial charge in [-0.15, -0.1) is 0 Å². The summed E-state index contributed by atoms with van der Waals surface area (Å²) in [5, 5.41) is 0.281. The van der Waals surface area contributed by atoms with Gasteiger partial charge in [-0.05, 0) is 34.6 Å². The Labute approximate surface area is 175 Å². The molecule has 0 radical (unpaired) electrons. The number of nitrogen functional groups attached to an aromatic ring is 1. The minimum absolute atomic E-state index is 0.0271. The molecule has 10 heteroatoms. The summed E-state index contributed by atoms with van der Waals surface area (Å²) in [5.74, 6) is 0.342. The van der Waals surface area contributed by atoms with Gasteiger partial charge in [0.2, 0.25) is 0 Å². The van der Waals surface area contributed by atoms with Crippen molar-refractivity contribution in [1.82, 2.24) is 14.5 Å². The van der Waals surface area contributed by atoms with E-state index in [1.807, 2.05) is 45.3 Å². The van der Waals surface area contributed by atoms with Crippen LogP contribution in [0.5, 0.6) is 0 Å². The lowest BCUT2D eigenvalue weighted by Crippen LogP contribution is -2.16. The molecule has 0 fully saturated rings. The van der Waals surface area contributed by atoms with Gasteiger partial charge < -0.3 is 24.1 Å². The van der Waals surface area contributed by atoms with E-state index < -0.39 is 7.60 Å². The molecule has 0 saturated heterocycles. The van der Waals surface area contributed by atoms with Crippen LogP contribution in [0.3, 0.4) is 0 Å². The lowest BCUT2D eigenvalue weighted by atomic mass is 10.1. The second kappa shape index (κ2) is 8.74. The minimum atomic E-state index is -3.35. The maximum Gasteiger partial charge on any atom is 0.356 e. The van der Waals surface area contributed by atoms with Crippen LogP contribution in [0, 0.1) is 0 Å². The summed E-state index contributed by atoms with van der Waals surface area (Å²) >= 11 is 6.17. The Morgan fingerprint density at radius 1 is 1.31 bits per heavy atom. The number of aromatic nitrogens is 3. The molecule has 8 nitrogen and oxygen atoms in total. The van der Waals surface area contributed by atoms with E-state index in [4.69, 9.17) is 31.1 Å². The van der Waals surface area contributed by atoms with Gasteiger partial charge in [-0.1, -0.05) is 23.3 Å². The van der Waals surface area contributed by atoms with Gasteiger partial charge >= 0.3 is 7.60 Å². The molecule has 0 saturated carbocycles. The first kappa shape index (κ1) is 22.2. The first-order valence-corrected chi connectivity index (χ1v) is 11.7. The molecule has 1 aliphatic rings. The third-order valence-electron chi connectivity index (χ3n) is 4.49. The van der Waals surface area contributed by atoms with Crippen LogP contribution in [0.15, 0.2) is 24.0 Å². The molecule has 3 rings (SSSR count). The summed E-state index contributed by atoms with van der Waals surface area (Å²) in [6.45, 7) is 9.31. The molecule has 2 N–H and O–H groups in total. The van der Waals surface area contributed by atoms with Crippen LogP contribution in [0.4, 0.5) is 5.82 Å². The molecule has 2 atom stereocenters. The summed E-state index contributed by atoms with van der Waals surface area (Å²) in [6, 6.07) is 1.79. The van der Waals surface area contributed by atoms with Crippen molar-refractivity contribution in [3.8, 4) is 0 Å². The average Bonchev–Trinajstić information content (AvgIpc) is 3.14. The molecule has 2 aromatic heterocycles. The first-order valence-electron chi connectivity index (χ1n) is 9.62. The fourth-order valence-corrected chi connectivity index (χ4v) is 5.58. The van der Waals surface area contributed by atoms with Crippen LogP contribution in [-0.4, -0.2) is 39.2 Å². The second-order valence-corrected chi connectivity index (χ2v) is 10.0. The van der Waals surface area contributed by atoms with Gasteiger partial charge in [0, 0.05) is 12.5 Å². The van der Waals surface area contributed by atoms with Gasteiger partial charge in [0.1, 0.15) is 17.7 Å². The number of hydrogen-bond acceptors (Lipinski definition) is 7. The van der Waals surface area contributed by atoms with Crippen LogP contribution in [0.1, 0.15) is 47.1 Å². The standard InChI is InChI=1S/C19H28ClN4O4P/c1-11(2)27-29(25,28-12(3)4)10-26-14-6-13(5)15(7-14)24-9-22-18-16(24)8-17(21)23-19(18)20/h6,8-9,11-12,14-15H,7,10H2,1-5H3,(H2,21,23)/t14-,15-/m1/s1. The second-order valence-electron chi connectivity index (χ2n) is 7.77. The zero-order chi connectivity index (χ0) is 21.3. The lowest BCUT2D eigenvalue weighted by Gasteiger charge is -2.24. The Morgan fingerprint density at radius 2 is 1.97 bits per heavy atom. The number of allylic oxidation sites excluding steroid dienone is 1. The van der Waals surface area contributed by atoms with E-state index in [-0.39, 0.29) is 35.9 Å². The van der Waals surface area contributed by atoms with Crippen molar-refractivity contribution in [3.05, 3.63) is 29.2 Å². The third-order valence-corrected chi connectivity index (χ3v) is 6.71. The Bertz CT molecular complexity index is 945. The number of nitrogens with zero attached hydrogens (tertiary/aromatic N) is 3. The Balaban J connectivity index is 1.74. The maximum absolute atomic E-state index is 13.0. The normalized spacial score (nSPS) is 20.2. The zero-order valence-electron chi connectivity index (χ0n) is 17.3. The van der Waals surface area contributed by atoms with E-state index in [0.717, 1.165) is 11.1 Å². The molecule has 29 heavy (non-hydrogen) atoms. The van der Waals surface area contributed by atoms with Gasteiger partial charge in [0.15, 0.2) is 5.15 Å². The summed E-state index contributed by atoms with van der Waals surface area (Å²) in [5.41, 5.74) is 8.40. The van der Waals surface area contributed by atoms with Gasteiger partial charge in [-0.3, -0.25) is 4.57 Å². The van der Waals surface area contributed by atoms with Crippen molar-refractivity contribution in [2.75, 3.05) is 12.1 Å². The van der Waals surface area contributed by atoms with Crippen molar-refractivity contribution in [2.24, 2.45) is 0 Å². The number of fused-ring (bicyclic) bond motifs is 1. The van der Waals surface area contributed by atoms with Crippen LogP contribution in [-0.2, 0) is 18.3 Å². The smallest absolute Gasteiger partial charge is 0.356 e. The number of anilines is 1. The molecule has 2 heterocycles. The molecule has 0 aliphatic heterocycles. The third kappa shape index (κ3) is 5.19. The topological polar surface area (TPSA) is 101 Å². The van der Waals surface area contributed by atoms with E-state index in [2.05, 4.69) is 9.97 Å². The Kier molecular flexibility index (Phi) is 6.70. The highest BCUT2D eigenvalue weighted by atomic mass is 35.5. The summed E-state index contributed by atoms with van der Waals surface area (Å²) in [6.07, 6.45) is 3.66. The quantitative estimate of drug-likeness (QED) is 0.350. The first-order chi connectivity index (χ1) is 13.6. The monoisotopic (exact) mass is 442 g/mol. The highest BCUT2D eigenvalue weighted by Gasteiger charge is 2.33. The predicted molar refractivity (Wildman–Crippen MR) is 114 cm³/mol. The molecule has 0 amide bonds. The largest absolute Gasteiger partial charge is 0.384 e. The van der Waals surface area contributed by atoms with Crippen molar-refractivity contribution in [1.29, 1.82) is 0 Å². The molecular weight excluding hydrogens is 415 g/mol. The van der Waals surface area contributed by atoms with Crippen molar-refractivity contribution >= 4 is 36.0 Å². The molecule has 0 aromatic carbocycles. The maximum atomic E-state index is 13.0. The zero-order valence-corrected chi connectivity index (χ0v) is 19.0. The highest BCUT2D eigenvalue weighted by Crippen LogP contribution is 2.51. The highest BCUT2D eigenvalue weighted by molar-refractivity contribution is 7.53. The van der Waals surface area contributed by atoms with Gasteiger partial charge in [-0.25, -0.2) is 9.97 Å². The number of rotatable bonds is 8. The number of imidazole rings is 1. The molecule has 160 valence electrons. The predicted octanol–water partition coefficient (Wildman–Crippen LogP) is 4.94. The SMILES string of the molecule is CC1=C[C@@H](OCP(=O)(OC(C)C)OC(C)C)C[C@H]1n1cnc2c(Cl)nc(N)cc21. The summed E-state index contributed by atoms with van der Waals surface area (Å²) < 4.78 is 32.1. The fourth-order valence-electron chi connectivity index (χ4n) is 3.50. The van der Waals surface area contributed by atoms with Gasteiger partial charge in [-0.2, -0.15) is 0 Å². The lowest BCUT2D eigenvalue weighted by molar-refractivity contribution is 0.0721.